The van der Waals surface area contributed by atoms with Gasteiger partial charge in [-0.25, -0.2) is 8.78 Å². The number of alkyl halides is 2. The Morgan fingerprint density at radius 3 is 2.88 bits per heavy atom. The Labute approximate surface area is 147 Å². The van der Waals surface area contributed by atoms with Crippen LogP contribution in [-0.4, -0.2) is 42.5 Å². The lowest BCUT2D eigenvalue weighted by Crippen LogP contribution is -2.45. The number of halogens is 3. The zero-order valence-corrected chi connectivity index (χ0v) is 14.5. The van der Waals surface area contributed by atoms with E-state index in [1.54, 1.807) is 4.90 Å². The molecule has 1 atom stereocenters. The Morgan fingerprint density at radius 2 is 2.21 bits per heavy atom. The van der Waals surface area contributed by atoms with E-state index in [-0.39, 0.29) is 18.3 Å². The van der Waals surface area contributed by atoms with Crippen molar-refractivity contribution in [1.29, 1.82) is 0 Å². The number of benzene rings is 1. The fraction of sp³-hybridized carbons (Fsp3) is 0.588. The minimum absolute atomic E-state index is 0. The average Bonchev–Trinajstić information content (AvgIpc) is 2.91. The molecule has 1 fully saturated rings. The highest BCUT2D eigenvalue weighted by Crippen LogP contribution is 2.28. The summed E-state index contributed by atoms with van der Waals surface area (Å²) in [6.07, 6.45) is 1.28. The lowest BCUT2D eigenvalue weighted by Gasteiger charge is -2.31. The molecule has 24 heavy (non-hydrogen) atoms. The van der Waals surface area contributed by atoms with E-state index in [9.17, 15) is 13.6 Å². The number of nitrogens with one attached hydrogen (secondary N) is 1. The van der Waals surface area contributed by atoms with E-state index in [4.69, 9.17) is 4.74 Å². The molecule has 1 aromatic carbocycles. The van der Waals surface area contributed by atoms with Crippen LogP contribution in [0.4, 0.5) is 8.78 Å². The molecule has 0 spiro atoms. The third kappa shape index (κ3) is 4.16. The van der Waals surface area contributed by atoms with Crippen molar-refractivity contribution in [1.82, 2.24) is 10.2 Å². The molecule has 1 amide bonds. The summed E-state index contributed by atoms with van der Waals surface area (Å²) in [6, 6.07) is 5.13. The second kappa shape index (κ2) is 7.66. The molecular formula is C17H23ClF2N2O2. The van der Waals surface area contributed by atoms with Crippen molar-refractivity contribution in [3.8, 4) is 5.75 Å². The molecule has 0 saturated carbocycles. The summed E-state index contributed by atoms with van der Waals surface area (Å²) in [5.41, 5.74) is 2.24. The van der Waals surface area contributed by atoms with Gasteiger partial charge in [-0.05, 0) is 36.1 Å². The van der Waals surface area contributed by atoms with Crippen LogP contribution in [-0.2, 0) is 17.8 Å². The van der Waals surface area contributed by atoms with E-state index in [2.05, 4.69) is 12.2 Å². The highest BCUT2D eigenvalue weighted by atomic mass is 35.5. The van der Waals surface area contributed by atoms with Gasteiger partial charge in [-0.1, -0.05) is 13.0 Å². The fourth-order valence-corrected chi connectivity index (χ4v) is 3.14. The molecule has 7 heteroatoms. The number of hydrogen-bond donors (Lipinski definition) is 1. The Balaban J connectivity index is 0.00000208. The highest BCUT2D eigenvalue weighted by molar-refractivity contribution is 5.85. The standard InChI is InChI=1S/C17H22F2N2O2.ClH/c1-2-7-23-14-4-3-13-10-21(6-5-12(13)8-14)16(22)15-9-17(18,19)11-20-15;/h3-4,8,15,20H,2,5-7,9-11H2,1H3;1H. The van der Waals surface area contributed by atoms with Crippen molar-refractivity contribution in [2.45, 2.75) is 44.7 Å². The maximum atomic E-state index is 13.3. The molecule has 134 valence electrons. The van der Waals surface area contributed by atoms with Crippen LogP contribution in [0.3, 0.4) is 0 Å². The van der Waals surface area contributed by atoms with Gasteiger partial charge >= 0.3 is 0 Å². The first kappa shape index (κ1) is 18.9. The smallest absolute Gasteiger partial charge is 0.262 e. The fourth-order valence-electron chi connectivity index (χ4n) is 3.14. The molecule has 0 bridgehead atoms. The van der Waals surface area contributed by atoms with E-state index in [0.29, 0.717) is 19.7 Å². The average molecular weight is 361 g/mol. The molecule has 1 aromatic rings. The number of amides is 1. The topological polar surface area (TPSA) is 41.6 Å². The van der Waals surface area contributed by atoms with Gasteiger partial charge in [0.05, 0.1) is 19.2 Å². The van der Waals surface area contributed by atoms with Crippen LogP contribution >= 0.6 is 12.4 Å². The maximum Gasteiger partial charge on any atom is 0.262 e. The predicted molar refractivity (Wildman–Crippen MR) is 90.0 cm³/mol. The van der Waals surface area contributed by atoms with E-state index >= 15 is 0 Å². The van der Waals surface area contributed by atoms with Gasteiger partial charge in [0.25, 0.3) is 5.92 Å². The second-order valence-corrected chi connectivity index (χ2v) is 6.28. The Bertz CT molecular complexity index is 598. The van der Waals surface area contributed by atoms with Gasteiger partial charge < -0.3 is 9.64 Å². The molecule has 0 aliphatic carbocycles. The third-order valence-corrected chi connectivity index (χ3v) is 4.38. The number of ether oxygens (including phenoxy) is 1. The van der Waals surface area contributed by atoms with Gasteiger partial charge in [-0.15, -0.1) is 12.4 Å². The SMILES string of the molecule is CCCOc1ccc2c(c1)CCN(C(=O)C1CC(F)(F)CN1)C2.Cl. The molecule has 0 aromatic heterocycles. The summed E-state index contributed by atoms with van der Waals surface area (Å²) < 4.78 is 32.1. The summed E-state index contributed by atoms with van der Waals surface area (Å²) in [5, 5.41) is 2.64. The number of carbonyl (C=O) groups excluding carboxylic acids is 1. The van der Waals surface area contributed by atoms with Crippen LogP contribution in [0.5, 0.6) is 5.75 Å². The number of hydrogen-bond acceptors (Lipinski definition) is 3. The Kier molecular flexibility index (Phi) is 6.04. The minimum atomic E-state index is -2.78. The van der Waals surface area contributed by atoms with Crippen molar-refractivity contribution in [2.24, 2.45) is 0 Å². The number of fused-ring (bicyclic) bond motifs is 1. The number of rotatable bonds is 4. The molecule has 1 N–H and O–H groups in total. The molecule has 4 nitrogen and oxygen atoms in total. The summed E-state index contributed by atoms with van der Waals surface area (Å²) in [7, 11) is 0. The van der Waals surface area contributed by atoms with E-state index < -0.39 is 24.9 Å². The van der Waals surface area contributed by atoms with Gasteiger partial charge in [0.2, 0.25) is 5.91 Å². The van der Waals surface area contributed by atoms with Crippen LogP contribution in [0.1, 0.15) is 30.9 Å². The summed E-state index contributed by atoms with van der Waals surface area (Å²) in [5.74, 6) is -2.15. The van der Waals surface area contributed by atoms with Crippen molar-refractivity contribution in [3.05, 3.63) is 29.3 Å². The Hall–Kier alpha value is -1.40. The molecule has 2 heterocycles. The molecule has 2 aliphatic rings. The molecule has 1 saturated heterocycles. The highest BCUT2D eigenvalue weighted by Gasteiger charge is 2.43. The van der Waals surface area contributed by atoms with Crippen molar-refractivity contribution in [2.75, 3.05) is 19.7 Å². The predicted octanol–water partition coefficient (Wildman–Crippen LogP) is 2.78. The van der Waals surface area contributed by atoms with Crippen LogP contribution < -0.4 is 10.1 Å². The van der Waals surface area contributed by atoms with Gasteiger partial charge in [-0.2, -0.15) is 0 Å². The minimum Gasteiger partial charge on any atom is -0.494 e. The van der Waals surface area contributed by atoms with Crippen LogP contribution in [0.15, 0.2) is 18.2 Å². The number of nitrogens with zero attached hydrogens (tertiary/aromatic N) is 1. The first-order valence-corrected chi connectivity index (χ1v) is 8.13. The van der Waals surface area contributed by atoms with Gasteiger partial charge in [0, 0.05) is 19.5 Å². The first-order valence-electron chi connectivity index (χ1n) is 8.13. The van der Waals surface area contributed by atoms with Crippen molar-refractivity contribution >= 4 is 18.3 Å². The van der Waals surface area contributed by atoms with Gasteiger partial charge in [0.1, 0.15) is 5.75 Å². The molecular weight excluding hydrogens is 338 g/mol. The molecule has 0 radical (unpaired) electrons. The summed E-state index contributed by atoms with van der Waals surface area (Å²) in [6.45, 7) is 3.37. The molecule has 3 rings (SSSR count). The van der Waals surface area contributed by atoms with Gasteiger partial charge in [0.15, 0.2) is 0 Å². The molecule has 1 unspecified atom stereocenters. The lowest BCUT2D eigenvalue weighted by atomic mass is 9.98. The zero-order valence-electron chi connectivity index (χ0n) is 13.7. The normalized spacial score (nSPS) is 21.8. The number of carbonyl (C=O) groups is 1. The quantitative estimate of drug-likeness (QED) is 0.897. The molecule has 2 aliphatic heterocycles. The largest absolute Gasteiger partial charge is 0.494 e. The van der Waals surface area contributed by atoms with E-state index in [1.165, 1.54) is 5.56 Å². The van der Waals surface area contributed by atoms with Crippen LogP contribution in [0, 0.1) is 0 Å². The van der Waals surface area contributed by atoms with Crippen molar-refractivity contribution in [3.63, 3.8) is 0 Å². The summed E-state index contributed by atoms with van der Waals surface area (Å²) in [4.78, 5) is 14.1. The lowest BCUT2D eigenvalue weighted by molar-refractivity contribution is -0.134. The third-order valence-electron chi connectivity index (χ3n) is 4.38. The van der Waals surface area contributed by atoms with E-state index in [0.717, 1.165) is 24.2 Å². The second-order valence-electron chi connectivity index (χ2n) is 6.28. The van der Waals surface area contributed by atoms with E-state index in [1.807, 2.05) is 18.2 Å². The maximum absolute atomic E-state index is 13.3. The zero-order chi connectivity index (χ0) is 16.4. The van der Waals surface area contributed by atoms with Crippen molar-refractivity contribution < 1.29 is 18.3 Å². The first-order chi connectivity index (χ1) is 11.0. The van der Waals surface area contributed by atoms with Crippen LogP contribution in [0.25, 0.3) is 0 Å². The summed E-state index contributed by atoms with van der Waals surface area (Å²) >= 11 is 0. The van der Waals surface area contributed by atoms with Crippen LogP contribution in [0.2, 0.25) is 0 Å². The monoisotopic (exact) mass is 360 g/mol. The van der Waals surface area contributed by atoms with Gasteiger partial charge in [-0.3, -0.25) is 10.1 Å². The Morgan fingerprint density at radius 1 is 1.42 bits per heavy atom.